The summed E-state index contributed by atoms with van der Waals surface area (Å²) in [6.07, 6.45) is -2.12. The van der Waals surface area contributed by atoms with Crippen molar-refractivity contribution in [2.75, 3.05) is 0 Å². The van der Waals surface area contributed by atoms with Crippen molar-refractivity contribution < 1.29 is 32.0 Å². The van der Waals surface area contributed by atoms with E-state index in [1.807, 2.05) is 0 Å². The fourth-order valence-corrected chi connectivity index (χ4v) is 2.33. The maximum absolute atomic E-state index is 14.0. The Morgan fingerprint density at radius 1 is 1.26 bits per heavy atom. The van der Waals surface area contributed by atoms with Crippen LogP contribution in [0.5, 0.6) is 5.75 Å². The number of aromatic hydroxyl groups is 1. The lowest BCUT2D eigenvalue weighted by Crippen LogP contribution is -2.30. The molecule has 3 aromatic rings. The van der Waals surface area contributed by atoms with E-state index < -0.39 is 29.3 Å². The van der Waals surface area contributed by atoms with Crippen molar-refractivity contribution in [3.63, 3.8) is 0 Å². The molecule has 142 valence electrons. The number of hydrogen-bond acceptors (Lipinski definition) is 5. The maximum atomic E-state index is 14.0. The molecule has 0 aliphatic heterocycles. The number of aromatic amines is 1. The minimum Gasteiger partial charge on any atom is -0.508 e. The zero-order valence-corrected chi connectivity index (χ0v) is 13.5. The molecular weight excluding hydrogens is 372 g/mol. The Morgan fingerprint density at radius 2 is 2.04 bits per heavy atom. The first-order valence-electron chi connectivity index (χ1n) is 7.51. The average molecular weight is 384 g/mol. The van der Waals surface area contributed by atoms with Gasteiger partial charge in [0.1, 0.15) is 23.5 Å². The van der Waals surface area contributed by atoms with Crippen LogP contribution in [0.3, 0.4) is 0 Å². The van der Waals surface area contributed by atoms with Gasteiger partial charge >= 0.3 is 6.18 Å². The number of nitrogens with zero attached hydrogens (tertiary/aromatic N) is 3. The van der Waals surface area contributed by atoms with Crippen molar-refractivity contribution in [3.05, 3.63) is 65.1 Å². The number of carbonyl (C=O) groups excluding carboxylic acids is 1. The Hall–Kier alpha value is -3.37. The van der Waals surface area contributed by atoms with Crippen molar-refractivity contribution in [1.82, 2.24) is 20.3 Å². The van der Waals surface area contributed by atoms with Crippen LogP contribution in [0.4, 0.5) is 17.6 Å². The van der Waals surface area contributed by atoms with E-state index in [0.717, 1.165) is 11.0 Å². The third-order valence-electron chi connectivity index (χ3n) is 3.64. The predicted molar refractivity (Wildman–Crippen MR) is 81.7 cm³/mol. The van der Waals surface area contributed by atoms with Crippen LogP contribution in [0.1, 0.15) is 27.3 Å². The summed E-state index contributed by atoms with van der Waals surface area (Å²) in [6, 6.07) is 3.95. The molecule has 0 fully saturated rings. The van der Waals surface area contributed by atoms with Gasteiger partial charge in [0.15, 0.2) is 5.69 Å². The summed E-state index contributed by atoms with van der Waals surface area (Å²) in [5.41, 5.74) is -1.14. The molecule has 2 N–H and O–H groups in total. The minimum atomic E-state index is -4.69. The number of amides is 1. The van der Waals surface area contributed by atoms with Crippen molar-refractivity contribution in [2.45, 2.75) is 19.3 Å². The minimum absolute atomic E-state index is 0.0594. The highest BCUT2D eigenvalue weighted by Crippen LogP contribution is 2.28. The number of aromatic nitrogens is 3. The molecule has 3 rings (SSSR count). The molecule has 0 spiro atoms. The number of hydrogen-bond donors (Lipinski definition) is 2. The summed E-state index contributed by atoms with van der Waals surface area (Å²) in [4.78, 5) is 13.7. The lowest BCUT2D eigenvalue weighted by molar-refractivity contribution is -0.141. The molecule has 0 saturated carbocycles. The Balaban J connectivity index is 1.89. The molecule has 2 heterocycles. The number of halogens is 4. The molecule has 0 aliphatic rings. The highest BCUT2D eigenvalue weighted by Gasteiger charge is 2.34. The highest BCUT2D eigenvalue weighted by molar-refractivity contribution is 5.92. The smallest absolute Gasteiger partial charge is 0.432 e. The van der Waals surface area contributed by atoms with Crippen molar-refractivity contribution in [1.29, 1.82) is 0 Å². The summed E-state index contributed by atoms with van der Waals surface area (Å²) in [7, 11) is 0. The zero-order chi connectivity index (χ0) is 19.6. The van der Waals surface area contributed by atoms with Gasteiger partial charge in [-0.1, -0.05) is 11.2 Å². The van der Waals surface area contributed by atoms with Crippen LogP contribution < -0.4 is 0 Å². The topological polar surface area (TPSA) is 95.3 Å². The van der Waals surface area contributed by atoms with Gasteiger partial charge in [0.25, 0.3) is 5.91 Å². The lowest BCUT2D eigenvalue weighted by Gasteiger charge is -2.21. The van der Waals surface area contributed by atoms with E-state index in [2.05, 4.69) is 14.8 Å². The van der Waals surface area contributed by atoms with E-state index in [9.17, 15) is 27.5 Å². The summed E-state index contributed by atoms with van der Waals surface area (Å²) in [5, 5.41) is 17.9. The maximum Gasteiger partial charge on any atom is 0.432 e. The van der Waals surface area contributed by atoms with Crippen LogP contribution in [-0.2, 0) is 19.3 Å². The average Bonchev–Trinajstić information content (AvgIpc) is 3.26. The van der Waals surface area contributed by atoms with Crippen LogP contribution in [0.2, 0.25) is 0 Å². The van der Waals surface area contributed by atoms with Crippen LogP contribution >= 0.6 is 0 Å². The quantitative estimate of drug-likeness (QED) is 0.659. The van der Waals surface area contributed by atoms with Gasteiger partial charge in [0.2, 0.25) is 0 Å². The predicted octanol–water partition coefficient (Wildman–Crippen LogP) is 3.10. The first kappa shape index (κ1) is 18.4. The number of phenols is 1. The first-order valence-corrected chi connectivity index (χ1v) is 7.51. The monoisotopic (exact) mass is 384 g/mol. The second-order valence-electron chi connectivity index (χ2n) is 5.63. The molecular formula is C16H12F4N4O3. The van der Waals surface area contributed by atoms with E-state index >= 15 is 0 Å². The zero-order valence-electron chi connectivity index (χ0n) is 13.5. The fourth-order valence-electron chi connectivity index (χ4n) is 2.33. The molecule has 0 aliphatic carbocycles. The second-order valence-corrected chi connectivity index (χ2v) is 5.63. The molecule has 27 heavy (non-hydrogen) atoms. The van der Waals surface area contributed by atoms with Crippen LogP contribution in [0.25, 0.3) is 0 Å². The van der Waals surface area contributed by atoms with E-state index in [-0.39, 0.29) is 24.4 Å². The molecule has 0 unspecified atom stereocenters. The Bertz CT molecular complexity index is 938. The van der Waals surface area contributed by atoms with Crippen molar-refractivity contribution in [2.24, 2.45) is 0 Å². The van der Waals surface area contributed by atoms with Gasteiger partial charge in [-0.15, -0.1) is 0 Å². The molecule has 0 saturated heterocycles. The molecule has 7 nitrogen and oxygen atoms in total. The van der Waals surface area contributed by atoms with Gasteiger partial charge in [0.05, 0.1) is 12.7 Å². The van der Waals surface area contributed by atoms with Gasteiger partial charge < -0.3 is 14.5 Å². The molecule has 11 heteroatoms. The fraction of sp³-hybridized carbons (Fsp3) is 0.188. The third-order valence-corrected chi connectivity index (χ3v) is 3.64. The molecule has 2 aromatic heterocycles. The van der Waals surface area contributed by atoms with Gasteiger partial charge in [0, 0.05) is 29.8 Å². The van der Waals surface area contributed by atoms with Crippen LogP contribution in [0.15, 0.2) is 41.2 Å². The number of carbonyl (C=O) groups is 1. The summed E-state index contributed by atoms with van der Waals surface area (Å²) in [6.45, 7) is -0.374. The van der Waals surface area contributed by atoms with E-state index in [1.54, 1.807) is 5.10 Å². The number of nitrogens with one attached hydrogen (secondary N) is 1. The van der Waals surface area contributed by atoms with Crippen LogP contribution in [0, 0.1) is 5.82 Å². The summed E-state index contributed by atoms with van der Waals surface area (Å²) < 4.78 is 56.8. The molecule has 0 atom stereocenters. The van der Waals surface area contributed by atoms with Crippen molar-refractivity contribution in [3.8, 4) is 5.75 Å². The molecule has 0 radical (unpaired) electrons. The number of rotatable bonds is 5. The van der Waals surface area contributed by atoms with Crippen molar-refractivity contribution >= 4 is 5.91 Å². The van der Waals surface area contributed by atoms with Gasteiger partial charge in [-0.05, 0) is 6.07 Å². The summed E-state index contributed by atoms with van der Waals surface area (Å²) >= 11 is 0. The third kappa shape index (κ3) is 4.25. The van der Waals surface area contributed by atoms with Gasteiger partial charge in [-0.3, -0.25) is 9.89 Å². The van der Waals surface area contributed by atoms with E-state index in [1.165, 1.54) is 24.6 Å². The molecule has 1 aromatic carbocycles. The highest BCUT2D eigenvalue weighted by atomic mass is 19.4. The molecule has 0 bridgehead atoms. The number of phenolic OH excluding ortho intramolecular Hbond substituents is 1. The normalized spacial score (nSPS) is 11.6. The Morgan fingerprint density at radius 3 is 2.63 bits per heavy atom. The lowest BCUT2D eigenvalue weighted by atomic mass is 10.1. The van der Waals surface area contributed by atoms with E-state index in [4.69, 9.17) is 0 Å². The summed E-state index contributed by atoms with van der Waals surface area (Å²) in [5.74, 6) is -1.91. The SMILES string of the molecule is O=C(c1cc(C(F)(F)F)[nH]n1)N(Cc1cnoc1)Cc1ccc(O)cc1F. The Labute approximate surface area is 149 Å². The largest absolute Gasteiger partial charge is 0.508 e. The number of benzene rings is 1. The van der Waals surface area contributed by atoms with Crippen LogP contribution in [-0.4, -0.2) is 31.3 Å². The molecule has 1 amide bonds. The van der Waals surface area contributed by atoms with Gasteiger partial charge in [-0.25, -0.2) is 4.39 Å². The number of alkyl halides is 3. The first-order chi connectivity index (χ1) is 12.7. The van der Waals surface area contributed by atoms with Gasteiger partial charge in [-0.2, -0.15) is 18.3 Å². The second kappa shape index (κ2) is 7.09. The number of H-pyrrole nitrogens is 1. The standard InChI is InChI=1S/C16H12F4N4O3/c17-12-3-11(25)2-1-10(12)7-24(6-9-5-21-27-8-9)15(26)13-4-14(23-22-13)16(18,19)20/h1-5,8,25H,6-7H2,(H,22,23). The van der Waals surface area contributed by atoms with E-state index in [0.29, 0.717) is 11.6 Å². The Kier molecular flexibility index (Phi) is 4.84.